The number of amides is 1. The van der Waals surface area contributed by atoms with Gasteiger partial charge in [-0.3, -0.25) is 4.79 Å². The number of fused-ring (bicyclic) bond motifs is 1. The Labute approximate surface area is 195 Å². The fraction of sp³-hybridized carbons (Fsp3) is 0.217. The van der Waals surface area contributed by atoms with Gasteiger partial charge in [-0.2, -0.15) is 9.78 Å². The minimum Gasteiger partial charge on any atom is -0.378 e. The van der Waals surface area contributed by atoms with Crippen molar-refractivity contribution in [1.29, 1.82) is 0 Å². The SMILES string of the molecule is CCc1ccc(C=NNC(=O)c2nnn(-c3nonc3N)c2CN2CCc3ccccc32)cc1. The van der Waals surface area contributed by atoms with Crippen molar-refractivity contribution in [3.63, 3.8) is 0 Å². The molecule has 0 radical (unpaired) electrons. The second-order valence-corrected chi connectivity index (χ2v) is 7.86. The highest BCUT2D eigenvalue weighted by atomic mass is 16.6. The second-order valence-electron chi connectivity index (χ2n) is 7.86. The number of hydrogen-bond acceptors (Lipinski definition) is 9. The number of nitrogens with zero attached hydrogens (tertiary/aromatic N) is 7. The molecule has 0 saturated heterocycles. The maximum Gasteiger partial charge on any atom is 0.293 e. The zero-order valence-electron chi connectivity index (χ0n) is 18.5. The van der Waals surface area contributed by atoms with Crippen LogP contribution in [0.3, 0.4) is 0 Å². The molecule has 3 heterocycles. The second kappa shape index (κ2) is 9.14. The highest BCUT2D eigenvalue weighted by Crippen LogP contribution is 2.30. The summed E-state index contributed by atoms with van der Waals surface area (Å²) in [6.45, 7) is 3.25. The Kier molecular flexibility index (Phi) is 5.73. The number of rotatable bonds is 7. The average molecular weight is 457 g/mol. The molecule has 0 fully saturated rings. The van der Waals surface area contributed by atoms with Gasteiger partial charge >= 0.3 is 0 Å². The van der Waals surface area contributed by atoms with Crippen LogP contribution in [0.1, 0.15) is 39.8 Å². The number of hydrogen-bond donors (Lipinski definition) is 2. The summed E-state index contributed by atoms with van der Waals surface area (Å²) in [4.78, 5) is 15.1. The monoisotopic (exact) mass is 457 g/mol. The molecule has 0 unspecified atom stereocenters. The molecule has 11 nitrogen and oxygen atoms in total. The predicted octanol–water partition coefficient (Wildman–Crippen LogP) is 2.12. The summed E-state index contributed by atoms with van der Waals surface area (Å²) in [5.74, 6) is -0.271. The molecule has 3 N–H and O–H groups in total. The van der Waals surface area contributed by atoms with E-state index in [1.54, 1.807) is 6.21 Å². The van der Waals surface area contributed by atoms with Crippen LogP contribution in [0.4, 0.5) is 11.5 Å². The Hall–Kier alpha value is -4.54. The number of nitrogens with two attached hydrogens (primary N) is 1. The van der Waals surface area contributed by atoms with Crippen LogP contribution < -0.4 is 16.1 Å². The number of carbonyl (C=O) groups excluding carboxylic acids is 1. The summed E-state index contributed by atoms with van der Waals surface area (Å²) in [6, 6.07) is 16.1. The maximum atomic E-state index is 13.0. The van der Waals surface area contributed by atoms with Crippen LogP contribution in [-0.2, 0) is 19.4 Å². The molecule has 4 aromatic rings. The van der Waals surface area contributed by atoms with E-state index in [1.165, 1.54) is 15.8 Å². The van der Waals surface area contributed by atoms with Crippen molar-refractivity contribution in [1.82, 2.24) is 30.7 Å². The van der Waals surface area contributed by atoms with Crippen LogP contribution in [0.15, 0.2) is 58.3 Å². The van der Waals surface area contributed by atoms with Gasteiger partial charge in [0, 0.05) is 12.2 Å². The molecule has 1 aliphatic heterocycles. The molecule has 1 aliphatic rings. The molecule has 0 aliphatic carbocycles. The fourth-order valence-electron chi connectivity index (χ4n) is 3.94. The lowest BCUT2D eigenvalue weighted by atomic mass is 10.1. The van der Waals surface area contributed by atoms with Crippen LogP contribution in [0, 0.1) is 0 Å². The topological polar surface area (TPSA) is 140 Å². The summed E-state index contributed by atoms with van der Waals surface area (Å²) < 4.78 is 6.11. The first-order valence-corrected chi connectivity index (χ1v) is 10.9. The first-order chi connectivity index (χ1) is 16.6. The quantitative estimate of drug-likeness (QED) is 0.318. The van der Waals surface area contributed by atoms with E-state index in [1.807, 2.05) is 36.4 Å². The lowest BCUT2D eigenvalue weighted by Crippen LogP contribution is -2.26. The van der Waals surface area contributed by atoms with E-state index in [4.69, 9.17) is 10.4 Å². The third kappa shape index (κ3) is 4.10. The number of nitrogens with one attached hydrogen (secondary N) is 1. The molecule has 34 heavy (non-hydrogen) atoms. The highest BCUT2D eigenvalue weighted by molar-refractivity contribution is 5.94. The molecule has 0 saturated carbocycles. The number of para-hydroxylation sites is 1. The van der Waals surface area contributed by atoms with Crippen LogP contribution in [-0.4, -0.2) is 44.0 Å². The Morgan fingerprint density at radius 2 is 2.03 bits per heavy atom. The van der Waals surface area contributed by atoms with E-state index in [-0.39, 0.29) is 17.3 Å². The Balaban J connectivity index is 1.41. The van der Waals surface area contributed by atoms with Gasteiger partial charge in [-0.25, -0.2) is 10.1 Å². The fourth-order valence-corrected chi connectivity index (χ4v) is 3.94. The number of nitrogen functional groups attached to an aromatic ring is 1. The smallest absolute Gasteiger partial charge is 0.293 e. The summed E-state index contributed by atoms with van der Waals surface area (Å²) in [6.07, 6.45) is 3.45. The molecule has 2 aromatic heterocycles. The van der Waals surface area contributed by atoms with Gasteiger partial charge in [0.15, 0.2) is 5.69 Å². The molecular weight excluding hydrogens is 434 g/mol. The van der Waals surface area contributed by atoms with Crippen molar-refractivity contribution in [2.75, 3.05) is 17.2 Å². The van der Waals surface area contributed by atoms with E-state index < -0.39 is 5.91 Å². The summed E-state index contributed by atoms with van der Waals surface area (Å²) in [5.41, 5.74) is 13.5. The van der Waals surface area contributed by atoms with Crippen molar-refractivity contribution in [3.8, 4) is 5.82 Å². The Bertz CT molecular complexity index is 1340. The van der Waals surface area contributed by atoms with E-state index in [9.17, 15) is 4.79 Å². The number of anilines is 2. The normalized spacial score (nSPS) is 12.9. The number of hydrazone groups is 1. The largest absolute Gasteiger partial charge is 0.378 e. The standard InChI is InChI=1S/C23H23N9O2/c1-2-15-7-9-16(10-8-15)13-25-27-23(33)20-19(32(30-26-20)22-21(24)28-34-29-22)14-31-12-11-17-5-3-4-6-18(17)31/h3-10,13H,2,11-12,14H2,1H3,(H2,24,28)(H,27,33). The lowest BCUT2D eigenvalue weighted by Gasteiger charge is -2.19. The van der Waals surface area contributed by atoms with Crippen molar-refractivity contribution in [2.24, 2.45) is 5.10 Å². The van der Waals surface area contributed by atoms with Crippen LogP contribution in [0.2, 0.25) is 0 Å². The predicted molar refractivity (Wildman–Crippen MR) is 126 cm³/mol. The summed E-state index contributed by atoms with van der Waals surface area (Å²) >= 11 is 0. The third-order valence-corrected chi connectivity index (χ3v) is 5.77. The first kappa shape index (κ1) is 21.3. The maximum absolute atomic E-state index is 13.0. The summed E-state index contributed by atoms with van der Waals surface area (Å²) in [7, 11) is 0. The van der Waals surface area contributed by atoms with Gasteiger partial charge in [-0.05, 0) is 45.9 Å². The average Bonchev–Trinajstić information content (AvgIpc) is 3.58. The minimum atomic E-state index is -0.495. The van der Waals surface area contributed by atoms with E-state index in [2.05, 4.69) is 55.1 Å². The zero-order chi connectivity index (χ0) is 23.5. The van der Waals surface area contributed by atoms with E-state index in [0.29, 0.717) is 12.2 Å². The van der Waals surface area contributed by atoms with Gasteiger partial charge in [0.05, 0.1) is 18.5 Å². The highest BCUT2D eigenvalue weighted by Gasteiger charge is 2.27. The van der Waals surface area contributed by atoms with Gasteiger partial charge in [0.25, 0.3) is 5.91 Å². The first-order valence-electron chi connectivity index (χ1n) is 10.9. The number of aryl methyl sites for hydroxylation is 1. The van der Waals surface area contributed by atoms with Crippen molar-refractivity contribution in [3.05, 3.63) is 76.6 Å². The molecule has 0 spiro atoms. The van der Waals surface area contributed by atoms with Crippen molar-refractivity contribution >= 4 is 23.6 Å². The molecule has 0 bridgehead atoms. The molecule has 0 atom stereocenters. The molecule has 11 heteroatoms. The number of aromatic nitrogens is 5. The zero-order valence-corrected chi connectivity index (χ0v) is 18.5. The number of benzene rings is 2. The van der Waals surface area contributed by atoms with Crippen LogP contribution in [0.25, 0.3) is 5.82 Å². The molecule has 2 aromatic carbocycles. The molecule has 1 amide bonds. The molecular formula is C23H23N9O2. The van der Waals surface area contributed by atoms with Gasteiger partial charge in [-0.15, -0.1) is 5.10 Å². The van der Waals surface area contributed by atoms with E-state index in [0.717, 1.165) is 30.6 Å². The molecule has 172 valence electrons. The van der Waals surface area contributed by atoms with Gasteiger partial charge in [0.1, 0.15) is 0 Å². The van der Waals surface area contributed by atoms with Gasteiger partial charge in [-0.1, -0.05) is 54.6 Å². The van der Waals surface area contributed by atoms with Crippen LogP contribution >= 0.6 is 0 Å². The van der Waals surface area contributed by atoms with E-state index >= 15 is 0 Å². The molecule has 5 rings (SSSR count). The lowest BCUT2D eigenvalue weighted by molar-refractivity contribution is 0.0949. The Morgan fingerprint density at radius 1 is 1.21 bits per heavy atom. The minimum absolute atomic E-state index is 0.0495. The van der Waals surface area contributed by atoms with Crippen LogP contribution in [0.5, 0.6) is 0 Å². The van der Waals surface area contributed by atoms with Gasteiger partial charge in [0.2, 0.25) is 11.6 Å². The number of carbonyl (C=O) groups is 1. The van der Waals surface area contributed by atoms with Crippen molar-refractivity contribution in [2.45, 2.75) is 26.3 Å². The van der Waals surface area contributed by atoms with Crippen molar-refractivity contribution < 1.29 is 9.42 Å². The third-order valence-electron chi connectivity index (χ3n) is 5.77. The Morgan fingerprint density at radius 3 is 2.79 bits per heavy atom. The van der Waals surface area contributed by atoms with Gasteiger partial charge < -0.3 is 10.6 Å². The summed E-state index contributed by atoms with van der Waals surface area (Å²) in [5, 5.41) is 19.7.